The average molecular weight is 310 g/mol. The Morgan fingerprint density at radius 2 is 2.00 bits per heavy atom. The van der Waals surface area contributed by atoms with Crippen molar-refractivity contribution in [1.82, 2.24) is 20.3 Å². The number of carbonyl (C=O) groups is 1. The highest BCUT2D eigenvalue weighted by molar-refractivity contribution is 5.93. The Hall–Kier alpha value is -1.47. The molecule has 0 atom stereocenters. The third kappa shape index (κ3) is 3.84. The second-order valence-electron chi connectivity index (χ2n) is 6.67. The summed E-state index contributed by atoms with van der Waals surface area (Å²) < 4.78 is 1.81. The molecule has 1 aromatic rings. The summed E-state index contributed by atoms with van der Waals surface area (Å²) in [5, 5.41) is 29.3. The van der Waals surface area contributed by atoms with Crippen LogP contribution in [0.5, 0.6) is 0 Å². The van der Waals surface area contributed by atoms with Crippen molar-refractivity contribution in [2.75, 3.05) is 19.8 Å². The summed E-state index contributed by atoms with van der Waals surface area (Å²) in [6.07, 6.45) is 4.97. The van der Waals surface area contributed by atoms with Gasteiger partial charge in [-0.1, -0.05) is 25.0 Å². The zero-order valence-corrected chi connectivity index (χ0v) is 13.4. The summed E-state index contributed by atoms with van der Waals surface area (Å²) in [6, 6.07) is 0. The fourth-order valence-electron chi connectivity index (χ4n) is 2.72. The van der Waals surface area contributed by atoms with Crippen LogP contribution in [0, 0.1) is 18.3 Å². The molecule has 1 heterocycles. The first-order valence-electron chi connectivity index (χ1n) is 7.89. The summed E-state index contributed by atoms with van der Waals surface area (Å²) in [6.45, 7) is 4.16. The van der Waals surface area contributed by atoms with Crippen molar-refractivity contribution < 1.29 is 15.0 Å². The molecule has 1 amide bonds. The Balaban J connectivity index is 1.97. The van der Waals surface area contributed by atoms with E-state index in [1.54, 1.807) is 6.92 Å². The number of hydrogen-bond acceptors (Lipinski definition) is 5. The van der Waals surface area contributed by atoms with Crippen molar-refractivity contribution in [3.05, 3.63) is 11.4 Å². The maximum Gasteiger partial charge on any atom is 0.273 e. The molecule has 1 fully saturated rings. The Bertz CT molecular complexity index is 505. The minimum absolute atomic E-state index is 0.188. The Labute approximate surface area is 130 Å². The van der Waals surface area contributed by atoms with Gasteiger partial charge in [0.1, 0.15) is 0 Å². The first-order valence-corrected chi connectivity index (χ1v) is 7.89. The van der Waals surface area contributed by atoms with E-state index < -0.39 is 5.41 Å². The molecule has 0 unspecified atom stereocenters. The molecule has 7 heteroatoms. The van der Waals surface area contributed by atoms with Crippen molar-refractivity contribution in [2.24, 2.45) is 11.3 Å². The Morgan fingerprint density at radius 3 is 2.59 bits per heavy atom. The highest BCUT2D eigenvalue weighted by atomic mass is 16.3. The van der Waals surface area contributed by atoms with Crippen molar-refractivity contribution in [3.63, 3.8) is 0 Å². The van der Waals surface area contributed by atoms with E-state index in [1.165, 1.54) is 25.7 Å². The summed E-state index contributed by atoms with van der Waals surface area (Å²) >= 11 is 0. The minimum Gasteiger partial charge on any atom is -0.396 e. The van der Waals surface area contributed by atoms with Crippen molar-refractivity contribution in [1.29, 1.82) is 0 Å². The van der Waals surface area contributed by atoms with E-state index in [9.17, 15) is 15.0 Å². The molecule has 124 valence electrons. The van der Waals surface area contributed by atoms with Gasteiger partial charge in [0.2, 0.25) is 0 Å². The van der Waals surface area contributed by atoms with Crippen LogP contribution in [0.25, 0.3) is 0 Å². The number of rotatable bonds is 7. The third-order valence-electron chi connectivity index (χ3n) is 4.54. The molecule has 22 heavy (non-hydrogen) atoms. The van der Waals surface area contributed by atoms with Crippen LogP contribution in [0.4, 0.5) is 0 Å². The first-order chi connectivity index (χ1) is 10.5. The van der Waals surface area contributed by atoms with Gasteiger partial charge in [0.15, 0.2) is 5.69 Å². The summed E-state index contributed by atoms with van der Waals surface area (Å²) in [5.74, 6) is 0.312. The molecule has 0 radical (unpaired) electrons. The summed E-state index contributed by atoms with van der Waals surface area (Å²) in [7, 11) is 0. The predicted molar refractivity (Wildman–Crippen MR) is 81.3 cm³/mol. The molecule has 0 spiro atoms. The number of amides is 1. The van der Waals surface area contributed by atoms with Gasteiger partial charge in [-0.05, 0) is 25.7 Å². The lowest BCUT2D eigenvalue weighted by molar-refractivity contribution is 0.0644. The summed E-state index contributed by atoms with van der Waals surface area (Å²) in [5.41, 5.74) is 0.346. The molecule has 2 rings (SSSR count). The van der Waals surface area contributed by atoms with Crippen LogP contribution in [0.2, 0.25) is 0 Å². The van der Waals surface area contributed by atoms with Gasteiger partial charge in [-0.25, -0.2) is 4.68 Å². The van der Waals surface area contributed by atoms with Gasteiger partial charge in [-0.2, -0.15) is 0 Å². The number of nitrogens with zero attached hydrogens (tertiary/aromatic N) is 3. The van der Waals surface area contributed by atoms with E-state index >= 15 is 0 Å². The van der Waals surface area contributed by atoms with E-state index in [4.69, 9.17) is 0 Å². The van der Waals surface area contributed by atoms with Gasteiger partial charge in [0.25, 0.3) is 5.91 Å². The highest BCUT2D eigenvalue weighted by Gasteiger charge is 2.25. The second kappa shape index (κ2) is 7.19. The predicted octanol–water partition coefficient (Wildman–Crippen LogP) is 0.497. The maximum absolute atomic E-state index is 12.2. The van der Waals surface area contributed by atoms with E-state index in [1.807, 2.05) is 11.6 Å². The number of aromatic nitrogens is 3. The largest absolute Gasteiger partial charge is 0.396 e. The molecule has 1 aliphatic carbocycles. The molecule has 0 aliphatic heterocycles. The van der Waals surface area contributed by atoms with E-state index in [2.05, 4.69) is 15.6 Å². The van der Waals surface area contributed by atoms with Gasteiger partial charge in [-0.15, -0.1) is 5.10 Å². The fourth-order valence-corrected chi connectivity index (χ4v) is 2.72. The first kappa shape index (κ1) is 16.9. The van der Waals surface area contributed by atoms with Gasteiger partial charge >= 0.3 is 0 Å². The number of aliphatic hydroxyl groups excluding tert-OH is 2. The zero-order chi connectivity index (χ0) is 16.2. The van der Waals surface area contributed by atoms with Crippen LogP contribution >= 0.6 is 0 Å². The van der Waals surface area contributed by atoms with Crippen LogP contribution in [0.3, 0.4) is 0 Å². The van der Waals surface area contributed by atoms with Crippen LogP contribution in [-0.2, 0) is 6.54 Å². The highest BCUT2D eigenvalue weighted by Crippen LogP contribution is 2.26. The third-order valence-corrected chi connectivity index (χ3v) is 4.54. The van der Waals surface area contributed by atoms with Gasteiger partial charge in [-0.3, -0.25) is 4.79 Å². The normalized spacial score (nSPS) is 16.2. The molecule has 0 bridgehead atoms. The van der Waals surface area contributed by atoms with Crippen LogP contribution < -0.4 is 5.32 Å². The second-order valence-corrected chi connectivity index (χ2v) is 6.67. The standard InChI is InChI=1S/C15H26N4O3/c1-11-13(14(22)16-8-15(2,9-20)10-21)17-18-19(11)7-12-5-3-4-6-12/h12,20-21H,3-10H2,1-2H3,(H,16,22). The SMILES string of the molecule is Cc1c(C(=O)NCC(C)(CO)CO)nnn1CC1CCCC1. The van der Waals surface area contributed by atoms with Crippen molar-refractivity contribution in [2.45, 2.75) is 46.1 Å². The monoisotopic (exact) mass is 310 g/mol. The number of nitrogens with one attached hydrogen (secondary N) is 1. The molecular formula is C15H26N4O3. The molecule has 0 saturated heterocycles. The molecule has 3 N–H and O–H groups in total. The lowest BCUT2D eigenvalue weighted by Crippen LogP contribution is -2.40. The van der Waals surface area contributed by atoms with Gasteiger partial charge in [0.05, 0.1) is 18.9 Å². The van der Waals surface area contributed by atoms with Gasteiger partial charge in [0, 0.05) is 18.5 Å². The van der Waals surface area contributed by atoms with Gasteiger partial charge < -0.3 is 15.5 Å². The smallest absolute Gasteiger partial charge is 0.273 e. The maximum atomic E-state index is 12.2. The zero-order valence-electron chi connectivity index (χ0n) is 13.4. The number of aliphatic hydroxyl groups is 2. The van der Waals surface area contributed by atoms with E-state index in [0.29, 0.717) is 11.6 Å². The van der Waals surface area contributed by atoms with Crippen LogP contribution in [0.1, 0.15) is 48.8 Å². The molecule has 1 aromatic heterocycles. The van der Waals surface area contributed by atoms with E-state index in [-0.39, 0.29) is 25.7 Å². The lowest BCUT2D eigenvalue weighted by atomic mass is 9.93. The van der Waals surface area contributed by atoms with E-state index in [0.717, 1.165) is 12.2 Å². The Kier molecular flexibility index (Phi) is 5.52. The van der Waals surface area contributed by atoms with Crippen LogP contribution in [-0.4, -0.2) is 50.9 Å². The molecule has 1 aliphatic rings. The molecule has 0 aromatic carbocycles. The molecule has 7 nitrogen and oxygen atoms in total. The Morgan fingerprint density at radius 1 is 1.36 bits per heavy atom. The fraction of sp³-hybridized carbons (Fsp3) is 0.800. The quantitative estimate of drug-likeness (QED) is 0.681. The average Bonchev–Trinajstić information content (AvgIpc) is 3.16. The minimum atomic E-state index is -0.733. The van der Waals surface area contributed by atoms with Crippen molar-refractivity contribution >= 4 is 5.91 Å². The lowest BCUT2D eigenvalue weighted by Gasteiger charge is -2.24. The summed E-state index contributed by atoms with van der Waals surface area (Å²) in [4.78, 5) is 12.2. The van der Waals surface area contributed by atoms with Crippen LogP contribution in [0.15, 0.2) is 0 Å². The molecule has 1 saturated carbocycles. The molecular weight excluding hydrogens is 284 g/mol. The van der Waals surface area contributed by atoms with Crippen molar-refractivity contribution in [3.8, 4) is 0 Å². The number of carbonyl (C=O) groups excluding carboxylic acids is 1. The number of hydrogen-bond donors (Lipinski definition) is 3. The topological polar surface area (TPSA) is 100 Å².